The molecule has 0 saturated carbocycles. The van der Waals surface area contributed by atoms with Gasteiger partial charge in [0.1, 0.15) is 5.75 Å². The first-order valence-electron chi connectivity index (χ1n) is 5.67. The lowest BCUT2D eigenvalue weighted by Crippen LogP contribution is -2.09. The average molecular weight is 271 g/mol. The normalized spacial score (nSPS) is 9.68. The Hall–Kier alpha value is -2.24. The third-order valence-electron chi connectivity index (χ3n) is 2.59. The van der Waals surface area contributed by atoms with E-state index in [1.807, 2.05) is 0 Å². The average Bonchev–Trinajstić information content (AvgIpc) is 2.48. The van der Waals surface area contributed by atoms with E-state index in [4.69, 9.17) is 22.8 Å². The standard InChI is InChI=1S/C16H11ClO2/c1-2-13-5-3-4-6-15(13)19-16(18)14-9-7-12(11-17)8-10-14/h1,3-10H,11H2. The van der Waals surface area contributed by atoms with E-state index in [1.54, 1.807) is 48.5 Å². The molecule has 0 atom stereocenters. The molecule has 0 fully saturated rings. The van der Waals surface area contributed by atoms with Crippen molar-refractivity contribution in [1.29, 1.82) is 0 Å². The van der Waals surface area contributed by atoms with Crippen LogP contribution in [0.15, 0.2) is 48.5 Å². The number of alkyl halides is 1. The van der Waals surface area contributed by atoms with E-state index in [2.05, 4.69) is 5.92 Å². The summed E-state index contributed by atoms with van der Waals surface area (Å²) in [4.78, 5) is 12.0. The third kappa shape index (κ3) is 3.15. The van der Waals surface area contributed by atoms with Crippen LogP contribution in [0.5, 0.6) is 5.75 Å². The van der Waals surface area contributed by atoms with Gasteiger partial charge < -0.3 is 4.74 Å². The number of hydrogen-bond acceptors (Lipinski definition) is 2. The van der Waals surface area contributed by atoms with Gasteiger partial charge in [0.2, 0.25) is 0 Å². The van der Waals surface area contributed by atoms with Crippen molar-refractivity contribution in [2.75, 3.05) is 0 Å². The molecule has 2 aromatic rings. The van der Waals surface area contributed by atoms with Crippen molar-refractivity contribution in [1.82, 2.24) is 0 Å². The SMILES string of the molecule is C#Cc1ccccc1OC(=O)c1ccc(CCl)cc1. The van der Waals surface area contributed by atoms with Crippen LogP contribution in [0.2, 0.25) is 0 Å². The maximum Gasteiger partial charge on any atom is 0.343 e. The van der Waals surface area contributed by atoms with Crippen molar-refractivity contribution >= 4 is 17.6 Å². The molecule has 0 bridgehead atoms. The van der Waals surface area contributed by atoms with Crippen molar-refractivity contribution in [3.05, 3.63) is 65.2 Å². The fourth-order valence-corrected chi connectivity index (χ4v) is 1.74. The molecule has 0 amide bonds. The van der Waals surface area contributed by atoms with Crippen molar-refractivity contribution in [3.8, 4) is 18.1 Å². The zero-order valence-electron chi connectivity index (χ0n) is 10.1. The molecule has 0 N–H and O–H groups in total. The summed E-state index contributed by atoms with van der Waals surface area (Å²) in [6.45, 7) is 0. The van der Waals surface area contributed by atoms with Crippen LogP contribution in [0.1, 0.15) is 21.5 Å². The van der Waals surface area contributed by atoms with Crippen molar-refractivity contribution in [3.63, 3.8) is 0 Å². The van der Waals surface area contributed by atoms with Crippen molar-refractivity contribution < 1.29 is 9.53 Å². The van der Waals surface area contributed by atoms with Gasteiger partial charge in [0.15, 0.2) is 0 Å². The lowest BCUT2D eigenvalue weighted by Gasteiger charge is -2.06. The zero-order chi connectivity index (χ0) is 13.7. The minimum atomic E-state index is -0.441. The second-order valence-electron chi connectivity index (χ2n) is 3.86. The van der Waals surface area contributed by atoms with E-state index in [0.29, 0.717) is 22.8 Å². The lowest BCUT2D eigenvalue weighted by molar-refractivity contribution is 0.0734. The van der Waals surface area contributed by atoms with Gasteiger partial charge in [-0.05, 0) is 29.8 Å². The summed E-state index contributed by atoms with van der Waals surface area (Å²) >= 11 is 5.69. The van der Waals surface area contributed by atoms with Gasteiger partial charge in [-0.15, -0.1) is 18.0 Å². The van der Waals surface area contributed by atoms with Gasteiger partial charge in [-0.25, -0.2) is 4.79 Å². The highest BCUT2D eigenvalue weighted by Gasteiger charge is 2.10. The molecule has 0 saturated heterocycles. The number of halogens is 1. The molecule has 19 heavy (non-hydrogen) atoms. The molecule has 0 aliphatic carbocycles. The summed E-state index contributed by atoms with van der Waals surface area (Å²) < 4.78 is 5.28. The summed E-state index contributed by atoms with van der Waals surface area (Å²) in [5, 5.41) is 0. The fourth-order valence-electron chi connectivity index (χ4n) is 1.56. The summed E-state index contributed by atoms with van der Waals surface area (Å²) in [5.41, 5.74) is 1.95. The molecular formula is C16H11ClO2. The molecule has 0 unspecified atom stereocenters. The van der Waals surface area contributed by atoms with Gasteiger partial charge in [-0.2, -0.15) is 0 Å². The maximum absolute atomic E-state index is 12.0. The summed E-state index contributed by atoms with van der Waals surface area (Å²) in [5.74, 6) is 2.83. The highest BCUT2D eigenvalue weighted by molar-refractivity contribution is 6.17. The fraction of sp³-hybridized carbons (Fsp3) is 0.0625. The van der Waals surface area contributed by atoms with Crippen LogP contribution in [0.25, 0.3) is 0 Å². The van der Waals surface area contributed by atoms with Gasteiger partial charge in [0.25, 0.3) is 0 Å². The Morgan fingerprint density at radius 3 is 2.47 bits per heavy atom. The Labute approximate surface area is 117 Å². The number of terminal acetylenes is 1. The van der Waals surface area contributed by atoms with Gasteiger partial charge in [0.05, 0.1) is 11.1 Å². The highest BCUT2D eigenvalue weighted by Crippen LogP contribution is 2.18. The number of benzene rings is 2. The molecular weight excluding hydrogens is 260 g/mol. The minimum Gasteiger partial charge on any atom is -0.422 e. The second-order valence-corrected chi connectivity index (χ2v) is 4.13. The van der Waals surface area contributed by atoms with Crippen LogP contribution < -0.4 is 4.74 Å². The zero-order valence-corrected chi connectivity index (χ0v) is 10.9. The van der Waals surface area contributed by atoms with Crippen LogP contribution >= 0.6 is 11.6 Å². The van der Waals surface area contributed by atoms with Crippen LogP contribution in [0, 0.1) is 12.3 Å². The van der Waals surface area contributed by atoms with Gasteiger partial charge in [-0.3, -0.25) is 0 Å². The molecule has 2 aromatic carbocycles. The van der Waals surface area contributed by atoms with Crippen LogP contribution in [0.4, 0.5) is 0 Å². The first kappa shape index (κ1) is 13.2. The Morgan fingerprint density at radius 1 is 1.16 bits per heavy atom. The molecule has 3 heteroatoms. The molecule has 0 aromatic heterocycles. The van der Waals surface area contributed by atoms with E-state index in [1.165, 1.54) is 0 Å². The number of rotatable bonds is 3. The predicted octanol–water partition coefficient (Wildman–Crippen LogP) is 3.63. The van der Waals surface area contributed by atoms with E-state index in [0.717, 1.165) is 5.56 Å². The summed E-state index contributed by atoms with van der Waals surface area (Å²) in [6.07, 6.45) is 5.35. The molecule has 0 radical (unpaired) electrons. The van der Waals surface area contributed by atoms with E-state index < -0.39 is 5.97 Å². The van der Waals surface area contributed by atoms with Gasteiger partial charge in [0, 0.05) is 5.88 Å². The Kier molecular flexibility index (Phi) is 4.22. The van der Waals surface area contributed by atoms with Gasteiger partial charge in [-0.1, -0.05) is 30.2 Å². The molecule has 94 valence electrons. The Bertz CT molecular complexity index is 624. The molecule has 0 spiro atoms. The lowest BCUT2D eigenvalue weighted by atomic mass is 10.1. The minimum absolute atomic E-state index is 0.386. The number of carbonyl (C=O) groups is 1. The topological polar surface area (TPSA) is 26.3 Å². The molecule has 0 heterocycles. The van der Waals surface area contributed by atoms with Crippen molar-refractivity contribution in [2.45, 2.75) is 5.88 Å². The maximum atomic E-state index is 12.0. The molecule has 0 aliphatic rings. The first-order chi connectivity index (χ1) is 9.24. The second kappa shape index (κ2) is 6.08. The number of carbonyl (C=O) groups excluding carboxylic acids is 1. The number of esters is 1. The summed E-state index contributed by atoms with van der Waals surface area (Å²) in [6, 6.07) is 13.9. The smallest absolute Gasteiger partial charge is 0.343 e. The Balaban J connectivity index is 2.18. The highest BCUT2D eigenvalue weighted by atomic mass is 35.5. The summed E-state index contributed by atoms with van der Waals surface area (Å²) in [7, 11) is 0. The first-order valence-corrected chi connectivity index (χ1v) is 6.21. The van der Waals surface area contributed by atoms with E-state index >= 15 is 0 Å². The van der Waals surface area contributed by atoms with Crippen LogP contribution in [-0.4, -0.2) is 5.97 Å². The predicted molar refractivity (Wildman–Crippen MR) is 75.3 cm³/mol. The molecule has 0 aliphatic heterocycles. The number of para-hydroxylation sites is 1. The Morgan fingerprint density at radius 2 is 1.84 bits per heavy atom. The van der Waals surface area contributed by atoms with E-state index in [9.17, 15) is 4.79 Å². The van der Waals surface area contributed by atoms with Crippen LogP contribution in [0.3, 0.4) is 0 Å². The van der Waals surface area contributed by atoms with Crippen LogP contribution in [-0.2, 0) is 5.88 Å². The van der Waals surface area contributed by atoms with Gasteiger partial charge >= 0.3 is 5.97 Å². The largest absolute Gasteiger partial charge is 0.422 e. The quantitative estimate of drug-likeness (QED) is 0.368. The number of ether oxygens (including phenoxy) is 1. The molecule has 2 rings (SSSR count). The third-order valence-corrected chi connectivity index (χ3v) is 2.90. The monoisotopic (exact) mass is 270 g/mol. The van der Waals surface area contributed by atoms with E-state index in [-0.39, 0.29) is 0 Å². The number of hydrogen-bond donors (Lipinski definition) is 0. The molecule has 2 nitrogen and oxygen atoms in total. The van der Waals surface area contributed by atoms with Crippen molar-refractivity contribution in [2.24, 2.45) is 0 Å².